The van der Waals surface area contributed by atoms with Crippen LogP contribution in [-0.4, -0.2) is 40.8 Å². The summed E-state index contributed by atoms with van der Waals surface area (Å²) in [6.45, 7) is 4.55. The highest BCUT2D eigenvalue weighted by Gasteiger charge is 2.27. The molecule has 7 nitrogen and oxygen atoms in total. The van der Waals surface area contributed by atoms with Gasteiger partial charge in [0.25, 0.3) is 5.89 Å². The molecule has 2 aliphatic rings. The van der Waals surface area contributed by atoms with Crippen molar-refractivity contribution in [2.24, 2.45) is 5.92 Å². The number of urea groups is 1. The Hall–Kier alpha value is -2.41. The van der Waals surface area contributed by atoms with Gasteiger partial charge in [0.2, 0.25) is 0 Å². The molecular formula is C20H26N4O3. The van der Waals surface area contributed by atoms with Crippen molar-refractivity contribution in [3.05, 3.63) is 41.5 Å². The van der Waals surface area contributed by atoms with Gasteiger partial charge in [-0.2, -0.15) is 4.98 Å². The summed E-state index contributed by atoms with van der Waals surface area (Å²) in [5.41, 5.74) is 1.96. The lowest BCUT2D eigenvalue weighted by atomic mass is 9.96. The van der Waals surface area contributed by atoms with Gasteiger partial charge < -0.3 is 19.5 Å². The lowest BCUT2D eigenvalue weighted by Crippen LogP contribution is -2.40. The average Bonchev–Trinajstić information content (AvgIpc) is 3.37. The molecule has 0 radical (unpaired) electrons. The van der Waals surface area contributed by atoms with E-state index in [0.29, 0.717) is 25.6 Å². The summed E-state index contributed by atoms with van der Waals surface area (Å²) in [6, 6.07) is 7.78. The van der Waals surface area contributed by atoms with Crippen LogP contribution in [0.1, 0.15) is 48.9 Å². The molecule has 4 rings (SSSR count). The largest absolute Gasteiger partial charge is 0.371 e. The molecule has 2 amide bonds. The quantitative estimate of drug-likeness (QED) is 0.838. The van der Waals surface area contributed by atoms with Crippen LogP contribution >= 0.6 is 0 Å². The number of likely N-dealkylation sites (tertiary alicyclic amines) is 1. The smallest absolute Gasteiger partial charge is 0.321 e. The number of piperidine rings is 1. The average molecular weight is 370 g/mol. The minimum atomic E-state index is -0.0543. The van der Waals surface area contributed by atoms with Gasteiger partial charge >= 0.3 is 6.03 Å². The van der Waals surface area contributed by atoms with E-state index in [-0.39, 0.29) is 11.9 Å². The molecule has 1 aromatic heterocycles. The second kappa shape index (κ2) is 8.08. The number of carbonyl (C=O) groups excluding carboxylic acids is 1. The van der Waals surface area contributed by atoms with Crippen molar-refractivity contribution >= 4 is 11.7 Å². The molecule has 0 bridgehead atoms. The number of nitrogens with one attached hydrogen (secondary N) is 1. The summed E-state index contributed by atoms with van der Waals surface area (Å²) < 4.78 is 10.9. The molecular weight excluding hydrogens is 344 g/mol. The van der Waals surface area contributed by atoms with Crippen molar-refractivity contribution in [1.29, 1.82) is 0 Å². The van der Waals surface area contributed by atoms with Crippen LogP contribution in [0.15, 0.2) is 28.8 Å². The summed E-state index contributed by atoms with van der Waals surface area (Å²) in [5.74, 6) is 2.24. The van der Waals surface area contributed by atoms with Gasteiger partial charge in [0, 0.05) is 24.7 Å². The molecule has 0 spiro atoms. The summed E-state index contributed by atoms with van der Waals surface area (Å²) in [5, 5.41) is 7.08. The molecule has 2 aromatic rings. The monoisotopic (exact) mass is 370 g/mol. The van der Waals surface area contributed by atoms with Crippen molar-refractivity contribution in [3.8, 4) is 0 Å². The molecule has 1 saturated carbocycles. The molecule has 7 heteroatoms. The van der Waals surface area contributed by atoms with E-state index < -0.39 is 0 Å². The highest BCUT2D eigenvalue weighted by molar-refractivity contribution is 5.89. The van der Waals surface area contributed by atoms with Gasteiger partial charge in [0.05, 0.1) is 6.61 Å². The molecule has 144 valence electrons. The maximum atomic E-state index is 12.5. The molecule has 1 aliphatic carbocycles. The van der Waals surface area contributed by atoms with E-state index in [1.165, 1.54) is 12.8 Å². The molecule has 1 N–H and O–H groups in total. The van der Waals surface area contributed by atoms with Crippen LogP contribution in [0.3, 0.4) is 0 Å². The van der Waals surface area contributed by atoms with E-state index in [2.05, 4.69) is 15.5 Å². The van der Waals surface area contributed by atoms with Crippen LogP contribution in [-0.2, 0) is 11.3 Å². The van der Waals surface area contributed by atoms with Gasteiger partial charge in [0.15, 0.2) is 5.82 Å². The number of anilines is 1. The highest BCUT2D eigenvalue weighted by Crippen LogP contribution is 2.29. The number of aromatic nitrogens is 2. The summed E-state index contributed by atoms with van der Waals surface area (Å²) in [6.07, 6.45) is 4.21. The topological polar surface area (TPSA) is 80.5 Å². The van der Waals surface area contributed by atoms with E-state index in [4.69, 9.17) is 9.26 Å². The third kappa shape index (κ3) is 4.86. The summed E-state index contributed by atoms with van der Waals surface area (Å²) in [7, 11) is 0. The first kappa shape index (κ1) is 18.0. The lowest BCUT2D eigenvalue weighted by molar-refractivity contribution is 0.0894. The van der Waals surface area contributed by atoms with Crippen molar-refractivity contribution in [2.45, 2.75) is 45.1 Å². The Bertz CT molecular complexity index is 779. The second-order valence-electron chi connectivity index (χ2n) is 7.57. The fourth-order valence-corrected chi connectivity index (χ4v) is 3.36. The number of hydrogen-bond donors (Lipinski definition) is 1. The zero-order chi connectivity index (χ0) is 18.6. The Morgan fingerprint density at radius 1 is 1.30 bits per heavy atom. The second-order valence-corrected chi connectivity index (χ2v) is 7.57. The molecule has 1 aromatic carbocycles. The van der Waals surface area contributed by atoms with Gasteiger partial charge in [0.1, 0.15) is 6.61 Å². The lowest BCUT2D eigenvalue weighted by Gasteiger charge is -2.30. The first-order chi connectivity index (χ1) is 13.2. The van der Waals surface area contributed by atoms with Crippen LogP contribution in [0.5, 0.6) is 0 Å². The van der Waals surface area contributed by atoms with Crippen LogP contribution in [0, 0.1) is 12.8 Å². The Morgan fingerprint density at radius 3 is 2.85 bits per heavy atom. The zero-order valence-electron chi connectivity index (χ0n) is 15.7. The number of aryl methyl sites for hydroxylation is 1. The van der Waals surface area contributed by atoms with E-state index in [1.807, 2.05) is 36.1 Å². The maximum Gasteiger partial charge on any atom is 0.321 e. The number of carbonyl (C=O) groups is 1. The van der Waals surface area contributed by atoms with Gasteiger partial charge in [-0.1, -0.05) is 17.3 Å². The highest BCUT2D eigenvalue weighted by atomic mass is 16.5. The molecule has 2 heterocycles. The first-order valence-corrected chi connectivity index (χ1v) is 9.70. The van der Waals surface area contributed by atoms with Crippen molar-refractivity contribution in [1.82, 2.24) is 15.0 Å². The standard InChI is InChI=1S/C20H26N4O3/c1-14-3-2-4-17(11-14)21-20(25)24-9-7-16(8-10-24)19-22-18(27-23-19)13-26-12-15-5-6-15/h2-4,11,15-16H,5-10,12-13H2,1H3,(H,21,25). The first-order valence-electron chi connectivity index (χ1n) is 9.70. The summed E-state index contributed by atoms with van der Waals surface area (Å²) in [4.78, 5) is 18.8. The van der Waals surface area contributed by atoms with Gasteiger partial charge in [-0.15, -0.1) is 0 Å². The maximum absolute atomic E-state index is 12.5. The number of ether oxygens (including phenoxy) is 1. The number of amides is 2. The van der Waals surface area contributed by atoms with E-state index >= 15 is 0 Å². The SMILES string of the molecule is Cc1cccc(NC(=O)N2CCC(c3noc(COCC4CC4)n3)CC2)c1. The Kier molecular flexibility index (Phi) is 5.38. The molecule has 0 atom stereocenters. The molecule has 2 fully saturated rings. The van der Waals surface area contributed by atoms with Crippen LogP contribution in [0.2, 0.25) is 0 Å². The third-order valence-corrected chi connectivity index (χ3v) is 5.18. The van der Waals surface area contributed by atoms with Crippen molar-refractivity contribution < 1.29 is 14.1 Å². The number of nitrogens with zero attached hydrogens (tertiary/aromatic N) is 3. The van der Waals surface area contributed by atoms with Crippen LogP contribution in [0.4, 0.5) is 10.5 Å². The fourth-order valence-electron chi connectivity index (χ4n) is 3.36. The Morgan fingerprint density at radius 2 is 2.11 bits per heavy atom. The number of benzene rings is 1. The third-order valence-electron chi connectivity index (χ3n) is 5.18. The van der Waals surface area contributed by atoms with Crippen molar-refractivity contribution in [3.63, 3.8) is 0 Å². The van der Waals surface area contributed by atoms with E-state index in [0.717, 1.165) is 42.4 Å². The van der Waals surface area contributed by atoms with E-state index in [9.17, 15) is 4.79 Å². The number of hydrogen-bond acceptors (Lipinski definition) is 5. The fraction of sp³-hybridized carbons (Fsp3) is 0.550. The Balaban J connectivity index is 1.24. The zero-order valence-corrected chi connectivity index (χ0v) is 15.7. The normalized spacial score (nSPS) is 17.9. The molecule has 1 aliphatic heterocycles. The number of rotatable bonds is 6. The van der Waals surface area contributed by atoms with Gasteiger partial charge in [-0.3, -0.25) is 0 Å². The minimum Gasteiger partial charge on any atom is -0.371 e. The summed E-state index contributed by atoms with van der Waals surface area (Å²) >= 11 is 0. The van der Waals surface area contributed by atoms with E-state index in [1.54, 1.807) is 0 Å². The van der Waals surface area contributed by atoms with Crippen LogP contribution < -0.4 is 5.32 Å². The Labute approximate surface area is 159 Å². The molecule has 1 saturated heterocycles. The van der Waals surface area contributed by atoms with Gasteiger partial charge in [-0.25, -0.2) is 4.79 Å². The molecule has 0 unspecified atom stereocenters. The van der Waals surface area contributed by atoms with Crippen LogP contribution in [0.25, 0.3) is 0 Å². The van der Waals surface area contributed by atoms with Crippen molar-refractivity contribution in [2.75, 3.05) is 25.0 Å². The predicted octanol–water partition coefficient (Wildman–Crippen LogP) is 3.72. The molecule has 27 heavy (non-hydrogen) atoms. The predicted molar refractivity (Wildman–Crippen MR) is 100 cm³/mol. The van der Waals surface area contributed by atoms with Gasteiger partial charge in [-0.05, 0) is 56.2 Å². The minimum absolute atomic E-state index is 0.0543.